The summed E-state index contributed by atoms with van der Waals surface area (Å²) in [5.41, 5.74) is 0.670. The van der Waals surface area contributed by atoms with Crippen LogP contribution in [0.2, 0.25) is 0 Å². The van der Waals surface area contributed by atoms with Crippen molar-refractivity contribution in [2.75, 3.05) is 12.1 Å². The van der Waals surface area contributed by atoms with Crippen LogP contribution in [0.15, 0.2) is 48.5 Å². The molecule has 0 unspecified atom stereocenters. The maximum atomic E-state index is 13.2. The van der Waals surface area contributed by atoms with Crippen LogP contribution in [0.5, 0.6) is 11.5 Å². The molecule has 1 heterocycles. The Labute approximate surface area is 141 Å². The van der Waals surface area contributed by atoms with Gasteiger partial charge in [-0.15, -0.1) is 0 Å². The van der Waals surface area contributed by atoms with E-state index in [9.17, 15) is 18.0 Å². The van der Waals surface area contributed by atoms with Crippen molar-refractivity contribution in [2.45, 2.75) is 18.8 Å². The van der Waals surface area contributed by atoms with Crippen LogP contribution in [-0.2, 0) is 16.1 Å². The highest BCUT2D eigenvalue weighted by Gasteiger charge is 2.46. The third-order valence-electron chi connectivity index (χ3n) is 3.47. The Kier molecular flexibility index (Phi) is 4.69. The minimum Gasteiger partial charge on any atom is -0.459 e. The SMILES string of the molecule is O=C(OCc1ccccc1)[C@@H](Nc1ccc2c(c1)OCO2)C(F)(F)F. The summed E-state index contributed by atoms with van der Waals surface area (Å²) in [6.07, 6.45) is -4.82. The van der Waals surface area contributed by atoms with Crippen molar-refractivity contribution >= 4 is 11.7 Å². The lowest BCUT2D eigenvalue weighted by Crippen LogP contribution is -2.44. The molecule has 0 aliphatic carbocycles. The van der Waals surface area contributed by atoms with Crippen molar-refractivity contribution in [1.29, 1.82) is 0 Å². The number of carbonyl (C=O) groups is 1. The monoisotopic (exact) mass is 353 g/mol. The first-order chi connectivity index (χ1) is 11.9. The van der Waals surface area contributed by atoms with Gasteiger partial charge in [0, 0.05) is 11.8 Å². The molecule has 2 aromatic rings. The van der Waals surface area contributed by atoms with E-state index in [1.807, 2.05) is 0 Å². The highest BCUT2D eigenvalue weighted by Crippen LogP contribution is 2.35. The highest BCUT2D eigenvalue weighted by molar-refractivity contribution is 5.80. The molecule has 0 bridgehead atoms. The summed E-state index contributed by atoms with van der Waals surface area (Å²) in [5, 5.41) is 2.15. The van der Waals surface area contributed by atoms with Gasteiger partial charge in [0.2, 0.25) is 12.8 Å². The van der Waals surface area contributed by atoms with Crippen LogP contribution in [0.1, 0.15) is 5.56 Å². The Bertz CT molecular complexity index is 749. The molecule has 3 rings (SSSR count). The van der Waals surface area contributed by atoms with Crippen molar-refractivity contribution in [3.8, 4) is 11.5 Å². The van der Waals surface area contributed by atoms with Crippen molar-refractivity contribution in [2.24, 2.45) is 0 Å². The van der Waals surface area contributed by atoms with E-state index in [0.29, 0.717) is 17.1 Å². The number of fused-ring (bicyclic) bond motifs is 1. The first kappa shape index (κ1) is 16.9. The second kappa shape index (κ2) is 6.92. The Morgan fingerprint density at radius 2 is 1.84 bits per heavy atom. The van der Waals surface area contributed by atoms with Crippen LogP contribution >= 0.6 is 0 Å². The highest BCUT2D eigenvalue weighted by atomic mass is 19.4. The molecule has 1 atom stereocenters. The van der Waals surface area contributed by atoms with Crippen LogP contribution in [-0.4, -0.2) is 25.0 Å². The number of ether oxygens (including phenoxy) is 3. The molecule has 1 aliphatic rings. The fourth-order valence-electron chi connectivity index (χ4n) is 2.24. The minimum atomic E-state index is -4.82. The Hall–Kier alpha value is -2.90. The lowest BCUT2D eigenvalue weighted by molar-refractivity contribution is -0.177. The van der Waals surface area contributed by atoms with Gasteiger partial charge in [0.1, 0.15) is 6.61 Å². The first-order valence-corrected chi connectivity index (χ1v) is 7.37. The van der Waals surface area contributed by atoms with Gasteiger partial charge in [0.15, 0.2) is 11.5 Å². The molecular weight excluding hydrogens is 339 g/mol. The third kappa shape index (κ3) is 4.14. The van der Waals surface area contributed by atoms with Gasteiger partial charge in [-0.1, -0.05) is 30.3 Å². The molecule has 25 heavy (non-hydrogen) atoms. The van der Waals surface area contributed by atoms with E-state index in [0.717, 1.165) is 0 Å². The normalized spacial score (nSPS) is 14.0. The number of hydrogen-bond donors (Lipinski definition) is 1. The minimum absolute atomic E-state index is 0.000599. The van der Waals surface area contributed by atoms with Crippen LogP contribution < -0.4 is 14.8 Å². The van der Waals surface area contributed by atoms with E-state index in [1.54, 1.807) is 30.3 Å². The summed E-state index contributed by atoms with van der Waals surface area (Å²) in [6, 6.07) is 10.2. The fraction of sp³-hybridized carbons (Fsp3) is 0.235. The summed E-state index contributed by atoms with van der Waals surface area (Å²) in [5.74, 6) is -0.668. The van der Waals surface area contributed by atoms with Crippen molar-refractivity contribution in [1.82, 2.24) is 0 Å². The zero-order valence-corrected chi connectivity index (χ0v) is 12.9. The van der Waals surface area contributed by atoms with E-state index < -0.39 is 18.2 Å². The van der Waals surface area contributed by atoms with Gasteiger partial charge in [-0.3, -0.25) is 0 Å². The summed E-state index contributed by atoms with van der Waals surface area (Å²) >= 11 is 0. The van der Waals surface area contributed by atoms with Gasteiger partial charge in [-0.25, -0.2) is 4.79 Å². The number of nitrogens with one attached hydrogen (secondary N) is 1. The van der Waals surface area contributed by atoms with Gasteiger partial charge in [0.25, 0.3) is 0 Å². The average Bonchev–Trinajstić information content (AvgIpc) is 3.05. The zero-order chi connectivity index (χ0) is 17.9. The fourth-order valence-corrected chi connectivity index (χ4v) is 2.24. The lowest BCUT2D eigenvalue weighted by Gasteiger charge is -2.21. The molecule has 1 aliphatic heterocycles. The van der Waals surface area contributed by atoms with Gasteiger partial charge >= 0.3 is 12.1 Å². The van der Waals surface area contributed by atoms with Gasteiger partial charge in [-0.2, -0.15) is 13.2 Å². The summed E-state index contributed by atoms with van der Waals surface area (Å²) in [7, 11) is 0. The molecule has 0 amide bonds. The van der Waals surface area contributed by atoms with Crippen LogP contribution in [0, 0.1) is 0 Å². The number of esters is 1. The molecule has 0 saturated heterocycles. The second-order valence-electron chi connectivity index (χ2n) is 5.28. The van der Waals surface area contributed by atoms with E-state index >= 15 is 0 Å². The second-order valence-corrected chi connectivity index (χ2v) is 5.28. The van der Waals surface area contributed by atoms with Crippen LogP contribution in [0.3, 0.4) is 0 Å². The van der Waals surface area contributed by atoms with E-state index in [2.05, 4.69) is 5.32 Å². The van der Waals surface area contributed by atoms with Gasteiger partial charge < -0.3 is 19.5 Å². The number of rotatable bonds is 5. The number of alkyl halides is 3. The number of anilines is 1. The van der Waals surface area contributed by atoms with Gasteiger partial charge in [-0.05, 0) is 17.7 Å². The largest absolute Gasteiger partial charge is 0.459 e. The molecule has 0 fully saturated rings. The zero-order valence-electron chi connectivity index (χ0n) is 12.9. The molecule has 8 heteroatoms. The maximum absolute atomic E-state index is 13.2. The molecule has 2 aromatic carbocycles. The smallest absolute Gasteiger partial charge is 0.419 e. The Morgan fingerprint density at radius 3 is 2.56 bits per heavy atom. The average molecular weight is 353 g/mol. The predicted octanol–water partition coefficient (Wildman–Crippen LogP) is 3.50. The quantitative estimate of drug-likeness (QED) is 0.834. The molecule has 1 N–H and O–H groups in total. The topological polar surface area (TPSA) is 56.8 Å². The van der Waals surface area contributed by atoms with Crippen molar-refractivity contribution in [3.05, 3.63) is 54.1 Å². The summed E-state index contributed by atoms with van der Waals surface area (Å²) in [4.78, 5) is 11.9. The maximum Gasteiger partial charge on any atom is 0.419 e. The number of carbonyl (C=O) groups excluding carboxylic acids is 1. The number of halogens is 3. The Balaban J connectivity index is 1.70. The lowest BCUT2D eigenvalue weighted by atomic mass is 10.2. The molecule has 5 nitrogen and oxygen atoms in total. The first-order valence-electron chi connectivity index (χ1n) is 7.37. The summed E-state index contributed by atoms with van der Waals surface area (Å²) in [6.45, 7) is -0.240. The van der Waals surface area contributed by atoms with E-state index in [4.69, 9.17) is 14.2 Å². The third-order valence-corrected chi connectivity index (χ3v) is 3.47. The van der Waals surface area contributed by atoms with Crippen molar-refractivity contribution < 1.29 is 32.2 Å². The number of hydrogen-bond acceptors (Lipinski definition) is 5. The molecule has 0 spiro atoms. The number of benzene rings is 2. The summed E-state index contributed by atoms with van der Waals surface area (Å²) < 4.78 is 54.7. The molecular formula is C17H14F3NO4. The molecule has 132 valence electrons. The van der Waals surface area contributed by atoms with E-state index in [-0.39, 0.29) is 19.1 Å². The standard InChI is InChI=1S/C17H14F3NO4/c18-17(19,20)15(16(22)23-9-11-4-2-1-3-5-11)21-12-6-7-13-14(8-12)25-10-24-13/h1-8,15,21H,9-10H2/t15-/m1/s1. The molecule has 0 radical (unpaired) electrons. The van der Waals surface area contributed by atoms with E-state index in [1.165, 1.54) is 18.2 Å². The molecule has 0 saturated carbocycles. The van der Waals surface area contributed by atoms with Crippen LogP contribution in [0.4, 0.5) is 18.9 Å². The van der Waals surface area contributed by atoms with Gasteiger partial charge in [0.05, 0.1) is 0 Å². The van der Waals surface area contributed by atoms with Crippen molar-refractivity contribution in [3.63, 3.8) is 0 Å². The van der Waals surface area contributed by atoms with Crippen LogP contribution in [0.25, 0.3) is 0 Å². The molecule has 0 aromatic heterocycles. The Morgan fingerprint density at radius 1 is 1.12 bits per heavy atom. The predicted molar refractivity (Wildman–Crippen MR) is 82.3 cm³/mol.